The predicted molar refractivity (Wildman–Crippen MR) is 115 cm³/mol. The molecule has 0 bridgehead atoms. The Labute approximate surface area is 170 Å². The van der Waals surface area contributed by atoms with Crippen LogP contribution in [0.1, 0.15) is 44.9 Å². The molecule has 3 aliphatic rings. The van der Waals surface area contributed by atoms with Crippen molar-refractivity contribution in [1.29, 1.82) is 0 Å². The SMILES string of the molecule is CN=C(NCCN1CCCCC1)NCCN1CCN(C(=O)C2CCCC2)CC1. The van der Waals surface area contributed by atoms with Gasteiger partial charge in [-0.3, -0.25) is 14.7 Å². The van der Waals surface area contributed by atoms with E-state index in [9.17, 15) is 4.79 Å². The second-order valence-electron chi connectivity index (χ2n) is 8.48. The molecule has 160 valence electrons. The number of rotatable bonds is 7. The van der Waals surface area contributed by atoms with E-state index in [0.29, 0.717) is 11.8 Å². The summed E-state index contributed by atoms with van der Waals surface area (Å²) in [6.07, 6.45) is 8.74. The summed E-state index contributed by atoms with van der Waals surface area (Å²) in [4.78, 5) is 24.0. The highest BCUT2D eigenvalue weighted by molar-refractivity contribution is 5.79. The van der Waals surface area contributed by atoms with Gasteiger partial charge in [0.05, 0.1) is 0 Å². The summed E-state index contributed by atoms with van der Waals surface area (Å²) in [5, 5.41) is 6.86. The topological polar surface area (TPSA) is 63.2 Å². The standard InChI is InChI=1S/C21H40N6O/c1-22-21(23-9-13-25-11-5-2-6-12-25)24-10-14-26-15-17-27(18-16-26)20(28)19-7-3-4-8-19/h19H,2-18H2,1H3,(H2,22,23,24). The Morgan fingerprint density at radius 3 is 1.96 bits per heavy atom. The third-order valence-electron chi connectivity index (χ3n) is 6.50. The minimum atomic E-state index is 0.313. The molecule has 0 aromatic heterocycles. The van der Waals surface area contributed by atoms with Crippen LogP contribution in [0.4, 0.5) is 0 Å². The van der Waals surface area contributed by atoms with Crippen LogP contribution in [0.3, 0.4) is 0 Å². The highest BCUT2D eigenvalue weighted by atomic mass is 16.2. The largest absolute Gasteiger partial charge is 0.355 e. The number of hydrogen-bond acceptors (Lipinski definition) is 4. The molecule has 2 heterocycles. The first-order chi connectivity index (χ1) is 13.8. The van der Waals surface area contributed by atoms with Crippen LogP contribution in [0, 0.1) is 5.92 Å². The van der Waals surface area contributed by atoms with Crippen molar-refractivity contribution in [3.05, 3.63) is 0 Å². The zero-order chi connectivity index (χ0) is 19.6. The number of amides is 1. The smallest absolute Gasteiger partial charge is 0.225 e. The Morgan fingerprint density at radius 1 is 0.821 bits per heavy atom. The molecule has 0 radical (unpaired) electrons. The number of piperazine rings is 1. The number of carbonyl (C=O) groups excluding carboxylic acids is 1. The molecule has 0 aromatic rings. The number of carbonyl (C=O) groups is 1. The van der Waals surface area contributed by atoms with E-state index in [1.54, 1.807) is 0 Å². The van der Waals surface area contributed by atoms with E-state index in [4.69, 9.17) is 0 Å². The van der Waals surface area contributed by atoms with Gasteiger partial charge in [0.1, 0.15) is 0 Å². The highest BCUT2D eigenvalue weighted by Crippen LogP contribution is 2.26. The molecule has 7 heteroatoms. The maximum absolute atomic E-state index is 12.5. The van der Waals surface area contributed by atoms with Crippen molar-refractivity contribution in [2.24, 2.45) is 10.9 Å². The van der Waals surface area contributed by atoms with Crippen molar-refractivity contribution in [3.8, 4) is 0 Å². The van der Waals surface area contributed by atoms with E-state index in [1.807, 2.05) is 7.05 Å². The van der Waals surface area contributed by atoms with Crippen molar-refractivity contribution in [1.82, 2.24) is 25.3 Å². The first-order valence-corrected chi connectivity index (χ1v) is 11.4. The van der Waals surface area contributed by atoms with Crippen LogP contribution < -0.4 is 10.6 Å². The fourth-order valence-corrected chi connectivity index (χ4v) is 4.69. The van der Waals surface area contributed by atoms with E-state index in [-0.39, 0.29) is 0 Å². The van der Waals surface area contributed by atoms with Crippen molar-refractivity contribution in [2.45, 2.75) is 44.9 Å². The van der Waals surface area contributed by atoms with Crippen LogP contribution in [0.25, 0.3) is 0 Å². The zero-order valence-electron chi connectivity index (χ0n) is 17.8. The van der Waals surface area contributed by atoms with Crippen LogP contribution >= 0.6 is 0 Å². The lowest BCUT2D eigenvalue weighted by Crippen LogP contribution is -2.52. The molecule has 0 spiro atoms. The van der Waals surface area contributed by atoms with E-state index in [0.717, 1.165) is 71.2 Å². The van der Waals surface area contributed by atoms with Gasteiger partial charge in [-0.05, 0) is 38.8 Å². The van der Waals surface area contributed by atoms with Crippen molar-refractivity contribution in [2.75, 3.05) is 72.5 Å². The molecule has 0 aromatic carbocycles. The van der Waals surface area contributed by atoms with Gasteiger partial charge >= 0.3 is 0 Å². The quantitative estimate of drug-likeness (QED) is 0.499. The maximum atomic E-state index is 12.5. The Hall–Kier alpha value is -1.34. The Kier molecular flexibility index (Phi) is 8.86. The summed E-state index contributed by atoms with van der Waals surface area (Å²) in [6, 6.07) is 0. The van der Waals surface area contributed by atoms with Crippen LogP contribution in [-0.4, -0.2) is 99.1 Å². The molecule has 1 aliphatic carbocycles. The van der Waals surface area contributed by atoms with Gasteiger partial charge in [0.2, 0.25) is 5.91 Å². The number of hydrogen-bond donors (Lipinski definition) is 2. The number of nitrogens with one attached hydrogen (secondary N) is 2. The predicted octanol–water partition coefficient (Wildman–Crippen LogP) is 0.972. The van der Waals surface area contributed by atoms with E-state index in [2.05, 4.69) is 30.3 Å². The molecule has 2 N–H and O–H groups in total. The molecule has 7 nitrogen and oxygen atoms in total. The monoisotopic (exact) mass is 392 g/mol. The summed E-state index contributed by atoms with van der Waals surface area (Å²) >= 11 is 0. The molecule has 0 atom stereocenters. The van der Waals surface area contributed by atoms with Crippen LogP contribution in [0.15, 0.2) is 4.99 Å². The van der Waals surface area contributed by atoms with Gasteiger partial charge in [-0.15, -0.1) is 0 Å². The number of nitrogens with zero attached hydrogens (tertiary/aromatic N) is 4. The van der Waals surface area contributed by atoms with Crippen molar-refractivity contribution in [3.63, 3.8) is 0 Å². The Balaban J connectivity index is 1.25. The molecule has 2 aliphatic heterocycles. The number of guanidine groups is 1. The number of piperidine rings is 1. The maximum Gasteiger partial charge on any atom is 0.225 e. The normalized spacial score (nSPS) is 23.2. The summed E-state index contributed by atoms with van der Waals surface area (Å²) < 4.78 is 0. The van der Waals surface area contributed by atoms with Gasteiger partial charge in [-0.2, -0.15) is 0 Å². The number of aliphatic imine (C=N–C) groups is 1. The average Bonchev–Trinajstić information content (AvgIpc) is 3.28. The van der Waals surface area contributed by atoms with Gasteiger partial charge in [0.15, 0.2) is 5.96 Å². The van der Waals surface area contributed by atoms with Crippen molar-refractivity contribution < 1.29 is 4.79 Å². The zero-order valence-corrected chi connectivity index (χ0v) is 17.8. The van der Waals surface area contributed by atoms with E-state index in [1.165, 1.54) is 45.2 Å². The lowest BCUT2D eigenvalue weighted by Gasteiger charge is -2.36. The highest BCUT2D eigenvalue weighted by Gasteiger charge is 2.29. The lowest BCUT2D eigenvalue weighted by atomic mass is 10.1. The summed E-state index contributed by atoms with van der Waals surface area (Å²) in [6.45, 7) is 10.2. The molecule has 1 saturated carbocycles. The molecule has 1 amide bonds. The van der Waals surface area contributed by atoms with Gasteiger partial charge in [-0.1, -0.05) is 19.3 Å². The fourth-order valence-electron chi connectivity index (χ4n) is 4.69. The summed E-state index contributed by atoms with van der Waals surface area (Å²) in [5.41, 5.74) is 0. The Morgan fingerprint density at radius 2 is 1.39 bits per heavy atom. The van der Waals surface area contributed by atoms with Gasteiger partial charge in [0.25, 0.3) is 0 Å². The molecular weight excluding hydrogens is 352 g/mol. The van der Waals surface area contributed by atoms with Gasteiger partial charge < -0.3 is 20.4 Å². The van der Waals surface area contributed by atoms with Crippen LogP contribution in [0.5, 0.6) is 0 Å². The minimum absolute atomic E-state index is 0.313. The molecule has 3 fully saturated rings. The molecule has 3 rings (SSSR count). The van der Waals surface area contributed by atoms with E-state index >= 15 is 0 Å². The summed E-state index contributed by atoms with van der Waals surface area (Å²) in [5.74, 6) is 1.62. The molecule has 0 unspecified atom stereocenters. The number of likely N-dealkylation sites (tertiary alicyclic amines) is 1. The first kappa shape index (κ1) is 21.4. The van der Waals surface area contributed by atoms with Gasteiger partial charge in [-0.25, -0.2) is 0 Å². The summed E-state index contributed by atoms with van der Waals surface area (Å²) in [7, 11) is 1.84. The lowest BCUT2D eigenvalue weighted by molar-refractivity contribution is -0.137. The second-order valence-corrected chi connectivity index (χ2v) is 8.48. The molecule has 2 saturated heterocycles. The van der Waals surface area contributed by atoms with Crippen molar-refractivity contribution >= 4 is 11.9 Å². The first-order valence-electron chi connectivity index (χ1n) is 11.4. The minimum Gasteiger partial charge on any atom is -0.355 e. The van der Waals surface area contributed by atoms with Gasteiger partial charge in [0, 0.05) is 65.3 Å². The third kappa shape index (κ3) is 6.62. The van der Waals surface area contributed by atoms with Crippen LogP contribution in [0.2, 0.25) is 0 Å². The second kappa shape index (κ2) is 11.6. The third-order valence-corrected chi connectivity index (χ3v) is 6.50. The molecule has 28 heavy (non-hydrogen) atoms. The fraction of sp³-hybridized carbons (Fsp3) is 0.905. The van der Waals surface area contributed by atoms with Crippen LogP contribution in [-0.2, 0) is 4.79 Å². The van der Waals surface area contributed by atoms with E-state index < -0.39 is 0 Å². The Bertz CT molecular complexity index is 491. The molecular formula is C21H40N6O. The average molecular weight is 393 g/mol.